The molecule has 1 aromatic carbocycles. The van der Waals surface area contributed by atoms with Crippen LogP contribution in [0, 0.1) is 11.8 Å². The lowest BCUT2D eigenvalue weighted by atomic mass is 10.1. The smallest absolute Gasteiger partial charge is 0.181 e. The van der Waals surface area contributed by atoms with Crippen molar-refractivity contribution in [1.29, 1.82) is 0 Å². The van der Waals surface area contributed by atoms with Crippen LogP contribution in [0.15, 0.2) is 18.2 Å². The molecular weight excluding hydrogens is 254 g/mol. The Labute approximate surface area is 117 Å². The van der Waals surface area contributed by atoms with Crippen molar-refractivity contribution in [3.05, 3.63) is 23.8 Å². The number of fused-ring (bicyclic) bond motifs is 1. The van der Waals surface area contributed by atoms with E-state index < -0.39 is 0 Å². The molecule has 2 saturated carbocycles. The number of rotatable bonds is 5. The van der Waals surface area contributed by atoms with Crippen LogP contribution in [0.3, 0.4) is 0 Å². The summed E-state index contributed by atoms with van der Waals surface area (Å²) >= 11 is 1.58. The van der Waals surface area contributed by atoms with Crippen LogP contribution in [0.5, 0.6) is 0 Å². The van der Waals surface area contributed by atoms with Crippen LogP contribution < -0.4 is 11.1 Å². The van der Waals surface area contributed by atoms with Crippen LogP contribution >= 0.6 is 11.3 Å². The van der Waals surface area contributed by atoms with Gasteiger partial charge in [0, 0.05) is 12.6 Å². The maximum atomic E-state index is 5.75. The minimum Gasteiger partial charge on any atom is -0.375 e. The van der Waals surface area contributed by atoms with Crippen molar-refractivity contribution < 1.29 is 0 Å². The van der Waals surface area contributed by atoms with Crippen molar-refractivity contribution in [3.63, 3.8) is 0 Å². The molecule has 0 saturated heterocycles. The maximum Gasteiger partial charge on any atom is 0.181 e. The Hall–Kier alpha value is -1.13. The highest BCUT2D eigenvalue weighted by molar-refractivity contribution is 7.22. The third kappa shape index (κ3) is 2.47. The van der Waals surface area contributed by atoms with Gasteiger partial charge in [0.2, 0.25) is 0 Å². The largest absolute Gasteiger partial charge is 0.375 e. The van der Waals surface area contributed by atoms with Crippen molar-refractivity contribution >= 4 is 26.7 Å². The molecule has 0 spiro atoms. The van der Waals surface area contributed by atoms with E-state index in [1.165, 1.54) is 35.9 Å². The van der Waals surface area contributed by atoms with E-state index in [1.54, 1.807) is 11.3 Å². The van der Waals surface area contributed by atoms with Crippen LogP contribution in [0.25, 0.3) is 10.2 Å². The van der Waals surface area contributed by atoms with Crippen molar-refractivity contribution in [3.8, 4) is 0 Å². The van der Waals surface area contributed by atoms with Crippen LogP contribution in [0.1, 0.15) is 31.2 Å². The van der Waals surface area contributed by atoms with Crippen LogP contribution in [-0.4, -0.2) is 11.0 Å². The summed E-state index contributed by atoms with van der Waals surface area (Å²) in [5.41, 5.74) is 8.12. The van der Waals surface area contributed by atoms with Gasteiger partial charge in [-0.2, -0.15) is 0 Å². The fraction of sp³-hybridized carbons (Fsp3) is 0.533. The predicted octanol–water partition coefficient (Wildman–Crippen LogP) is 3.16. The molecule has 0 radical (unpaired) electrons. The SMILES string of the molecule is Nc1nc2ccc(CNC(C3CC3)C3CC3)cc2s1. The molecule has 19 heavy (non-hydrogen) atoms. The Bertz CT molecular complexity index is 586. The lowest BCUT2D eigenvalue weighted by Crippen LogP contribution is -2.32. The van der Waals surface area contributed by atoms with Gasteiger partial charge in [0.25, 0.3) is 0 Å². The standard InChI is InChI=1S/C15H19N3S/c16-15-18-12-6-1-9(7-13(12)19-15)8-17-14(10-2-3-10)11-4-5-11/h1,6-7,10-11,14,17H,2-5,8H2,(H2,16,18). The lowest BCUT2D eigenvalue weighted by Gasteiger charge is -2.17. The molecule has 4 rings (SSSR count). The highest BCUT2D eigenvalue weighted by Gasteiger charge is 2.40. The topological polar surface area (TPSA) is 50.9 Å². The molecule has 0 bridgehead atoms. The van der Waals surface area contributed by atoms with Crippen molar-refractivity contribution in [2.24, 2.45) is 11.8 Å². The third-order valence-electron chi connectivity index (χ3n) is 4.27. The summed E-state index contributed by atoms with van der Waals surface area (Å²) in [6, 6.07) is 7.25. The molecule has 2 aromatic rings. The van der Waals surface area contributed by atoms with Gasteiger partial charge >= 0.3 is 0 Å². The van der Waals surface area contributed by atoms with Gasteiger partial charge < -0.3 is 11.1 Å². The van der Waals surface area contributed by atoms with Gasteiger partial charge in [-0.15, -0.1) is 0 Å². The van der Waals surface area contributed by atoms with E-state index in [0.29, 0.717) is 5.13 Å². The number of hydrogen-bond donors (Lipinski definition) is 2. The number of anilines is 1. The molecule has 0 atom stereocenters. The second-order valence-electron chi connectivity index (χ2n) is 5.94. The average molecular weight is 273 g/mol. The van der Waals surface area contributed by atoms with E-state index >= 15 is 0 Å². The molecule has 0 amide bonds. The second-order valence-corrected chi connectivity index (χ2v) is 7.00. The fourth-order valence-electron chi connectivity index (χ4n) is 2.96. The number of nitrogen functional groups attached to an aromatic ring is 1. The molecule has 0 unspecified atom stereocenters. The van der Waals surface area contributed by atoms with Gasteiger partial charge in [0.1, 0.15) is 0 Å². The maximum absolute atomic E-state index is 5.75. The van der Waals surface area contributed by atoms with Gasteiger partial charge in [-0.3, -0.25) is 0 Å². The van der Waals surface area contributed by atoms with Crippen molar-refractivity contribution in [2.75, 3.05) is 5.73 Å². The zero-order chi connectivity index (χ0) is 12.8. The molecule has 4 heteroatoms. The van der Waals surface area contributed by atoms with E-state index in [4.69, 9.17) is 5.73 Å². The van der Waals surface area contributed by atoms with E-state index in [0.717, 1.165) is 29.9 Å². The molecule has 2 fully saturated rings. The van der Waals surface area contributed by atoms with Gasteiger partial charge in [0.05, 0.1) is 10.2 Å². The molecule has 3 nitrogen and oxygen atoms in total. The predicted molar refractivity (Wildman–Crippen MR) is 80.1 cm³/mol. The van der Waals surface area contributed by atoms with Gasteiger partial charge in [0.15, 0.2) is 5.13 Å². The summed E-state index contributed by atoms with van der Waals surface area (Å²) < 4.78 is 1.20. The summed E-state index contributed by atoms with van der Waals surface area (Å²) in [7, 11) is 0. The fourth-order valence-corrected chi connectivity index (χ4v) is 3.76. The van der Waals surface area contributed by atoms with E-state index in [9.17, 15) is 0 Å². The first-order valence-corrected chi connectivity index (χ1v) is 7.99. The zero-order valence-electron chi connectivity index (χ0n) is 10.9. The van der Waals surface area contributed by atoms with Crippen molar-refractivity contribution in [2.45, 2.75) is 38.3 Å². The number of nitrogens with one attached hydrogen (secondary N) is 1. The number of hydrogen-bond acceptors (Lipinski definition) is 4. The molecule has 2 aliphatic carbocycles. The Morgan fingerprint density at radius 3 is 2.68 bits per heavy atom. The Balaban J connectivity index is 1.47. The number of thiazole rings is 1. The zero-order valence-corrected chi connectivity index (χ0v) is 11.7. The number of aromatic nitrogens is 1. The molecule has 1 aromatic heterocycles. The quantitative estimate of drug-likeness (QED) is 0.880. The highest BCUT2D eigenvalue weighted by atomic mass is 32.1. The molecule has 100 valence electrons. The average Bonchev–Trinajstić information content (AvgIpc) is 3.27. The Morgan fingerprint density at radius 2 is 2.00 bits per heavy atom. The van der Waals surface area contributed by atoms with E-state index in [-0.39, 0.29) is 0 Å². The first kappa shape index (κ1) is 11.7. The highest BCUT2D eigenvalue weighted by Crippen LogP contribution is 2.44. The molecule has 1 heterocycles. The minimum absolute atomic E-state index is 0.661. The van der Waals surface area contributed by atoms with Crippen LogP contribution in [0.2, 0.25) is 0 Å². The summed E-state index contributed by atoms with van der Waals surface area (Å²) in [5.74, 6) is 1.91. The number of nitrogens with two attached hydrogens (primary N) is 1. The van der Waals surface area contributed by atoms with E-state index in [1.807, 2.05) is 0 Å². The molecule has 3 N–H and O–H groups in total. The lowest BCUT2D eigenvalue weighted by molar-refractivity contribution is 0.416. The second kappa shape index (κ2) is 4.46. The first-order chi connectivity index (χ1) is 9.29. The molecular formula is C15H19N3S. The minimum atomic E-state index is 0.661. The summed E-state index contributed by atoms with van der Waals surface area (Å²) in [4.78, 5) is 4.30. The van der Waals surface area contributed by atoms with Gasteiger partial charge in [-0.1, -0.05) is 17.4 Å². The summed E-state index contributed by atoms with van der Waals surface area (Å²) in [6.07, 6.45) is 5.72. The van der Waals surface area contributed by atoms with E-state index in [2.05, 4.69) is 28.5 Å². The van der Waals surface area contributed by atoms with Crippen molar-refractivity contribution in [1.82, 2.24) is 10.3 Å². The van der Waals surface area contributed by atoms with Crippen LogP contribution in [-0.2, 0) is 6.54 Å². The number of benzene rings is 1. The number of nitrogens with zero attached hydrogens (tertiary/aromatic N) is 1. The Kier molecular flexibility index (Phi) is 2.74. The normalized spacial score (nSPS) is 19.4. The third-order valence-corrected chi connectivity index (χ3v) is 5.12. The van der Waals surface area contributed by atoms with Gasteiger partial charge in [-0.05, 0) is 55.2 Å². The van der Waals surface area contributed by atoms with Gasteiger partial charge in [-0.25, -0.2) is 4.98 Å². The summed E-state index contributed by atoms with van der Waals surface area (Å²) in [5, 5.41) is 4.45. The Morgan fingerprint density at radius 1 is 1.26 bits per heavy atom. The molecule has 0 aliphatic heterocycles. The molecule has 2 aliphatic rings. The monoisotopic (exact) mass is 273 g/mol. The van der Waals surface area contributed by atoms with Crippen LogP contribution in [0.4, 0.5) is 5.13 Å². The summed E-state index contributed by atoms with van der Waals surface area (Å²) in [6.45, 7) is 0.978. The first-order valence-electron chi connectivity index (χ1n) is 7.18.